The predicted molar refractivity (Wildman–Crippen MR) is 71.1 cm³/mol. The summed E-state index contributed by atoms with van der Waals surface area (Å²) in [5.41, 5.74) is 2.40. The fourth-order valence-corrected chi connectivity index (χ4v) is 2.01. The van der Waals surface area contributed by atoms with Crippen LogP contribution in [0.3, 0.4) is 0 Å². The molecule has 0 fully saturated rings. The molecule has 2 heterocycles. The fraction of sp³-hybridized carbons (Fsp3) is 0.538. The van der Waals surface area contributed by atoms with Crippen molar-refractivity contribution in [1.29, 1.82) is 0 Å². The van der Waals surface area contributed by atoms with Crippen LogP contribution in [0.5, 0.6) is 0 Å². The molecule has 98 valence electrons. The molecule has 2 aromatic heterocycles. The zero-order valence-electron chi connectivity index (χ0n) is 11.1. The van der Waals surface area contributed by atoms with Crippen LogP contribution in [0, 0.1) is 6.92 Å². The molecule has 5 heteroatoms. The quantitative estimate of drug-likeness (QED) is 0.754. The van der Waals surface area contributed by atoms with Gasteiger partial charge in [0.1, 0.15) is 0 Å². The summed E-state index contributed by atoms with van der Waals surface area (Å²) < 4.78 is 3.98. The van der Waals surface area contributed by atoms with Gasteiger partial charge in [0.05, 0.1) is 12.0 Å². The third kappa shape index (κ3) is 3.70. The zero-order valence-corrected chi connectivity index (χ0v) is 11.1. The molecular weight excluding hydrogens is 226 g/mol. The van der Waals surface area contributed by atoms with Crippen LogP contribution < -0.4 is 5.32 Å². The minimum atomic E-state index is 0.907. The topological polar surface area (TPSA) is 47.7 Å². The van der Waals surface area contributed by atoms with Crippen molar-refractivity contribution in [2.45, 2.75) is 32.9 Å². The molecule has 0 unspecified atom stereocenters. The number of hydrogen-bond acceptors (Lipinski definition) is 3. The number of unbranched alkanes of at least 4 members (excludes halogenated alkanes) is 1. The maximum atomic E-state index is 4.33. The van der Waals surface area contributed by atoms with Gasteiger partial charge in [-0.05, 0) is 26.3 Å². The molecular formula is C13H21N5. The summed E-state index contributed by atoms with van der Waals surface area (Å²) in [5.74, 6) is 0. The second-order valence-electron chi connectivity index (χ2n) is 4.60. The highest BCUT2D eigenvalue weighted by Gasteiger charge is 2.01. The number of imidazole rings is 1. The summed E-state index contributed by atoms with van der Waals surface area (Å²) in [4.78, 5) is 4.03. The van der Waals surface area contributed by atoms with Crippen LogP contribution >= 0.6 is 0 Å². The normalized spacial score (nSPS) is 11.0. The minimum absolute atomic E-state index is 0.907. The van der Waals surface area contributed by atoms with Gasteiger partial charge in [-0.2, -0.15) is 5.10 Å². The van der Waals surface area contributed by atoms with Gasteiger partial charge in [-0.25, -0.2) is 4.98 Å². The van der Waals surface area contributed by atoms with E-state index in [2.05, 4.69) is 33.1 Å². The summed E-state index contributed by atoms with van der Waals surface area (Å²) in [6.07, 6.45) is 10.1. The molecule has 0 radical (unpaired) electrons. The molecule has 0 aromatic carbocycles. The summed E-state index contributed by atoms with van der Waals surface area (Å²) >= 11 is 0. The largest absolute Gasteiger partial charge is 0.337 e. The van der Waals surface area contributed by atoms with E-state index in [0.29, 0.717) is 0 Å². The maximum absolute atomic E-state index is 4.33. The molecule has 0 spiro atoms. The van der Waals surface area contributed by atoms with Crippen LogP contribution in [0.4, 0.5) is 0 Å². The Balaban J connectivity index is 1.57. The number of hydrogen-bond donors (Lipinski definition) is 1. The van der Waals surface area contributed by atoms with Crippen molar-refractivity contribution in [3.8, 4) is 0 Å². The number of rotatable bonds is 7. The van der Waals surface area contributed by atoms with Gasteiger partial charge in [-0.1, -0.05) is 0 Å². The van der Waals surface area contributed by atoms with E-state index in [1.54, 1.807) is 0 Å². The molecule has 0 aliphatic rings. The van der Waals surface area contributed by atoms with Crippen molar-refractivity contribution in [2.24, 2.45) is 7.05 Å². The minimum Gasteiger partial charge on any atom is -0.337 e. The second kappa shape index (κ2) is 6.35. The number of aryl methyl sites for hydroxylation is 3. The number of nitrogens with zero attached hydrogens (tertiary/aromatic N) is 4. The molecule has 0 bridgehead atoms. The van der Waals surface area contributed by atoms with Gasteiger partial charge in [0.15, 0.2) is 0 Å². The Kier molecular flexibility index (Phi) is 4.52. The van der Waals surface area contributed by atoms with Gasteiger partial charge in [0.25, 0.3) is 0 Å². The summed E-state index contributed by atoms with van der Waals surface area (Å²) in [7, 11) is 1.96. The van der Waals surface area contributed by atoms with Crippen molar-refractivity contribution in [2.75, 3.05) is 6.54 Å². The SMILES string of the molecule is Cc1nn(C)cc1CNCCCCn1ccnc1. The molecule has 2 rings (SSSR count). The molecule has 1 N–H and O–H groups in total. The molecule has 18 heavy (non-hydrogen) atoms. The lowest BCUT2D eigenvalue weighted by Crippen LogP contribution is -2.15. The molecule has 0 atom stereocenters. The highest BCUT2D eigenvalue weighted by molar-refractivity contribution is 5.14. The Morgan fingerprint density at radius 3 is 2.89 bits per heavy atom. The lowest BCUT2D eigenvalue weighted by molar-refractivity contribution is 0.567. The molecule has 5 nitrogen and oxygen atoms in total. The Hall–Kier alpha value is -1.62. The Labute approximate surface area is 108 Å². The average molecular weight is 247 g/mol. The van der Waals surface area contributed by atoms with E-state index in [0.717, 1.165) is 25.3 Å². The Morgan fingerprint density at radius 1 is 1.33 bits per heavy atom. The standard InChI is InChI=1S/C13H21N5/c1-12-13(10-17(2)16-12)9-14-5-3-4-7-18-8-6-15-11-18/h6,8,10-11,14H,3-5,7,9H2,1-2H3. The summed E-state index contributed by atoms with van der Waals surface area (Å²) in [5, 5.41) is 7.78. The van der Waals surface area contributed by atoms with Gasteiger partial charge in [-0.3, -0.25) is 4.68 Å². The summed E-state index contributed by atoms with van der Waals surface area (Å²) in [6, 6.07) is 0. The highest BCUT2D eigenvalue weighted by Crippen LogP contribution is 2.03. The monoisotopic (exact) mass is 247 g/mol. The Morgan fingerprint density at radius 2 is 2.22 bits per heavy atom. The number of aromatic nitrogens is 4. The van der Waals surface area contributed by atoms with E-state index in [-0.39, 0.29) is 0 Å². The van der Waals surface area contributed by atoms with Gasteiger partial charge in [0, 0.05) is 44.3 Å². The first-order chi connectivity index (χ1) is 8.75. The van der Waals surface area contributed by atoms with Gasteiger partial charge < -0.3 is 9.88 Å². The van der Waals surface area contributed by atoms with Crippen molar-refractivity contribution in [3.63, 3.8) is 0 Å². The van der Waals surface area contributed by atoms with Crippen molar-refractivity contribution in [1.82, 2.24) is 24.6 Å². The molecule has 0 aliphatic carbocycles. The first-order valence-corrected chi connectivity index (χ1v) is 6.41. The van der Waals surface area contributed by atoms with Crippen molar-refractivity contribution >= 4 is 0 Å². The lowest BCUT2D eigenvalue weighted by Gasteiger charge is -2.04. The van der Waals surface area contributed by atoms with E-state index < -0.39 is 0 Å². The first kappa shape index (κ1) is 12.8. The fourth-order valence-electron chi connectivity index (χ4n) is 2.01. The van der Waals surface area contributed by atoms with Crippen LogP contribution in [-0.4, -0.2) is 25.9 Å². The van der Waals surface area contributed by atoms with Crippen LogP contribution in [0.1, 0.15) is 24.1 Å². The predicted octanol–water partition coefficient (Wildman–Crippen LogP) is 1.50. The third-order valence-electron chi connectivity index (χ3n) is 3.01. The third-order valence-corrected chi connectivity index (χ3v) is 3.01. The lowest BCUT2D eigenvalue weighted by atomic mass is 10.2. The average Bonchev–Trinajstić information content (AvgIpc) is 2.94. The van der Waals surface area contributed by atoms with Crippen LogP contribution in [0.15, 0.2) is 24.9 Å². The van der Waals surface area contributed by atoms with Crippen LogP contribution in [-0.2, 0) is 20.1 Å². The van der Waals surface area contributed by atoms with Crippen molar-refractivity contribution in [3.05, 3.63) is 36.2 Å². The van der Waals surface area contributed by atoms with Crippen molar-refractivity contribution < 1.29 is 0 Å². The molecule has 0 aliphatic heterocycles. The smallest absolute Gasteiger partial charge is 0.0945 e. The number of nitrogens with one attached hydrogen (secondary N) is 1. The van der Waals surface area contributed by atoms with Gasteiger partial charge in [-0.15, -0.1) is 0 Å². The van der Waals surface area contributed by atoms with E-state index in [1.807, 2.05) is 30.5 Å². The van der Waals surface area contributed by atoms with E-state index in [9.17, 15) is 0 Å². The van der Waals surface area contributed by atoms with E-state index in [1.165, 1.54) is 18.4 Å². The second-order valence-corrected chi connectivity index (χ2v) is 4.60. The molecule has 0 amide bonds. The van der Waals surface area contributed by atoms with E-state index in [4.69, 9.17) is 0 Å². The maximum Gasteiger partial charge on any atom is 0.0945 e. The van der Waals surface area contributed by atoms with Gasteiger partial charge in [0.2, 0.25) is 0 Å². The summed E-state index contributed by atoms with van der Waals surface area (Å²) in [6.45, 7) is 5.05. The van der Waals surface area contributed by atoms with Crippen LogP contribution in [0.2, 0.25) is 0 Å². The molecule has 2 aromatic rings. The molecule has 0 saturated carbocycles. The first-order valence-electron chi connectivity index (χ1n) is 6.41. The van der Waals surface area contributed by atoms with Crippen LogP contribution in [0.25, 0.3) is 0 Å². The molecule has 0 saturated heterocycles. The van der Waals surface area contributed by atoms with Gasteiger partial charge >= 0.3 is 0 Å². The zero-order chi connectivity index (χ0) is 12.8. The van der Waals surface area contributed by atoms with E-state index >= 15 is 0 Å². The highest BCUT2D eigenvalue weighted by atomic mass is 15.2. The Bertz CT molecular complexity index is 458.